The van der Waals surface area contributed by atoms with Gasteiger partial charge in [0.15, 0.2) is 0 Å². The normalized spacial score (nSPS) is 14.8. The van der Waals surface area contributed by atoms with Gasteiger partial charge >= 0.3 is 6.09 Å². The van der Waals surface area contributed by atoms with Crippen LogP contribution >= 0.6 is 0 Å². The Bertz CT molecular complexity index is 958. The van der Waals surface area contributed by atoms with Gasteiger partial charge in [-0.1, -0.05) is 6.07 Å². The van der Waals surface area contributed by atoms with Crippen LogP contribution in [0.15, 0.2) is 23.0 Å². The van der Waals surface area contributed by atoms with Crippen LogP contribution in [0.2, 0.25) is 0 Å². The number of amides is 2. The van der Waals surface area contributed by atoms with Crippen LogP contribution in [-0.4, -0.2) is 47.6 Å². The van der Waals surface area contributed by atoms with E-state index in [-0.39, 0.29) is 30.0 Å². The number of aromatic nitrogens is 1. The maximum absolute atomic E-state index is 12.4. The number of likely N-dealkylation sites (tertiary alicyclic amines) is 1. The second-order valence-electron chi connectivity index (χ2n) is 7.69. The molecule has 0 saturated carbocycles. The Morgan fingerprint density at radius 1 is 1.21 bits per heavy atom. The van der Waals surface area contributed by atoms with Crippen LogP contribution in [0.4, 0.5) is 4.79 Å². The lowest BCUT2D eigenvalue weighted by molar-refractivity contribution is -0.122. The van der Waals surface area contributed by atoms with Crippen LogP contribution in [0.1, 0.15) is 42.9 Å². The fourth-order valence-corrected chi connectivity index (χ4v) is 3.87. The van der Waals surface area contributed by atoms with Crippen molar-refractivity contribution in [1.82, 2.24) is 15.2 Å². The highest BCUT2D eigenvalue weighted by Gasteiger charge is 2.24. The third-order valence-corrected chi connectivity index (χ3v) is 5.40. The molecule has 7 nitrogen and oxygen atoms in total. The quantitative estimate of drug-likeness (QED) is 0.809. The van der Waals surface area contributed by atoms with E-state index in [1.165, 1.54) is 0 Å². The SMILES string of the molecule is CCOC(=O)N1CCC(NC(=O)CCc2cc3c(C)cc(C)cc3[nH]c2=O)CC1. The Morgan fingerprint density at radius 2 is 1.93 bits per heavy atom. The number of H-pyrrole nitrogens is 1. The molecule has 3 rings (SSSR count). The molecule has 2 heterocycles. The summed E-state index contributed by atoms with van der Waals surface area (Å²) in [6.45, 7) is 7.32. The molecular formula is C22H29N3O4. The molecule has 1 aliphatic heterocycles. The van der Waals surface area contributed by atoms with Crippen LogP contribution in [0.3, 0.4) is 0 Å². The van der Waals surface area contributed by atoms with E-state index in [4.69, 9.17) is 4.74 Å². The minimum atomic E-state index is -0.293. The number of nitrogens with zero attached hydrogens (tertiary/aromatic N) is 1. The minimum Gasteiger partial charge on any atom is -0.450 e. The number of pyridine rings is 1. The molecule has 156 valence electrons. The first kappa shape index (κ1) is 20.9. The van der Waals surface area contributed by atoms with E-state index < -0.39 is 0 Å². The number of fused-ring (bicyclic) bond motifs is 1. The maximum atomic E-state index is 12.4. The van der Waals surface area contributed by atoms with E-state index in [0.29, 0.717) is 44.5 Å². The lowest BCUT2D eigenvalue weighted by Crippen LogP contribution is -2.46. The summed E-state index contributed by atoms with van der Waals surface area (Å²) < 4.78 is 5.01. The number of nitrogens with one attached hydrogen (secondary N) is 2. The van der Waals surface area contributed by atoms with Crippen molar-refractivity contribution in [2.45, 2.75) is 52.5 Å². The van der Waals surface area contributed by atoms with Crippen molar-refractivity contribution in [3.05, 3.63) is 45.2 Å². The first-order valence-corrected chi connectivity index (χ1v) is 10.2. The fraction of sp³-hybridized carbons (Fsp3) is 0.500. The molecule has 0 spiro atoms. The number of aryl methyl sites for hydroxylation is 3. The molecule has 1 fully saturated rings. The van der Waals surface area contributed by atoms with Crippen molar-refractivity contribution < 1.29 is 14.3 Å². The summed E-state index contributed by atoms with van der Waals surface area (Å²) in [7, 11) is 0. The third-order valence-electron chi connectivity index (χ3n) is 5.40. The maximum Gasteiger partial charge on any atom is 0.409 e. The van der Waals surface area contributed by atoms with E-state index in [2.05, 4.69) is 16.4 Å². The first-order chi connectivity index (χ1) is 13.9. The molecule has 29 heavy (non-hydrogen) atoms. The minimum absolute atomic E-state index is 0.0493. The van der Waals surface area contributed by atoms with Crippen LogP contribution in [0, 0.1) is 13.8 Å². The van der Waals surface area contributed by atoms with Gasteiger partial charge in [0, 0.05) is 42.0 Å². The molecule has 0 aliphatic carbocycles. The van der Waals surface area contributed by atoms with Gasteiger partial charge < -0.3 is 19.9 Å². The predicted molar refractivity (Wildman–Crippen MR) is 112 cm³/mol. The van der Waals surface area contributed by atoms with E-state index in [1.54, 1.807) is 11.8 Å². The average Bonchev–Trinajstić information content (AvgIpc) is 2.67. The van der Waals surface area contributed by atoms with Gasteiger partial charge in [-0.3, -0.25) is 9.59 Å². The van der Waals surface area contributed by atoms with E-state index in [1.807, 2.05) is 26.0 Å². The van der Waals surface area contributed by atoms with Crippen molar-refractivity contribution >= 4 is 22.9 Å². The number of carbonyl (C=O) groups is 2. The van der Waals surface area contributed by atoms with Gasteiger partial charge in [-0.2, -0.15) is 0 Å². The van der Waals surface area contributed by atoms with Crippen LogP contribution in [0.5, 0.6) is 0 Å². The topological polar surface area (TPSA) is 91.5 Å². The summed E-state index contributed by atoms with van der Waals surface area (Å²) in [4.78, 5) is 41.1. The van der Waals surface area contributed by atoms with Crippen molar-refractivity contribution in [1.29, 1.82) is 0 Å². The molecule has 1 saturated heterocycles. The summed E-state index contributed by atoms with van der Waals surface area (Å²) in [5.74, 6) is -0.0697. The van der Waals surface area contributed by atoms with Crippen LogP contribution < -0.4 is 10.9 Å². The van der Waals surface area contributed by atoms with Gasteiger partial charge in [-0.25, -0.2) is 4.79 Å². The van der Waals surface area contributed by atoms with E-state index >= 15 is 0 Å². The van der Waals surface area contributed by atoms with Gasteiger partial charge in [0.2, 0.25) is 5.91 Å². The highest BCUT2D eigenvalue weighted by atomic mass is 16.6. The first-order valence-electron chi connectivity index (χ1n) is 10.2. The molecule has 1 aliphatic rings. The number of carbonyl (C=O) groups excluding carboxylic acids is 2. The number of piperidine rings is 1. The van der Waals surface area contributed by atoms with Crippen LogP contribution in [0.25, 0.3) is 10.9 Å². The van der Waals surface area contributed by atoms with Crippen molar-refractivity contribution in [3.8, 4) is 0 Å². The van der Waals surface area contributed by atoms with Gasteiger partial charge in [-0.05, 0) is 63.3 Å². The summed E-state index contributed by atoms with van der Waals surface area (Å²) in [6, 6.07) is 5.99. The molecular weight excluding hydrogens is 370 g/mol. The largest absolute Gasteiger partial charge is 0.450 e. The Kier molecular flexibility index (Phi) is 6.56. The van der Waals surface area contributed by atoms with Gasteiger partial charge in [0.05, 0.1) is 6.61 Å². The smallest absolute Gasteiger partial charge is 0.409 e. The van der Waals surface area contributed by atoms with Crippen molar-refractivity contribution in [3.63, 3.8) is 0 Å². The number of benzene rings is 1. The Balaban J connectivity index is 1.54. The molecule has 1 aromatic carbocycles. The lowest BCUT2D eigenvalue weighted by Gasteiger charge is -2.31. The number of aromatic amines is 1. The molecule has 1 aromatic heterocycles. The highest BCUT2D eigenvalue weighted by Crippen LogP contribution is 2.19. The molecule has 2 amide bonds. The predicted octanol–water partition coefficient (Wildman–Crippen LogP) is 2.81. The zero-order valence-corrected chi connectivity index (χ0v) is 17.3. The molecule has 0 bridgehead atoms. The van der Waals surface area contributed by atoms with Gasteiger partial charge in [-0.15, -0.1) is 0 Å². The fourth-order valence-electron chi connectivity index (χ4n) is 3.87. The monoisotopic (exact) mass is 399 g/mol. The zero-order valence-electron chi connectivity index (χ0n) is 17.3. The highest BCUT2D eigenvalue weighted by molar-refractivity contribution is 5.83. The molecule has 7 heteroatoms. The van der Waals surface area contributed by atoms with E-state index in [0.717, 1.165) is 22.0 Å². The molecule has 0 atom stereocenters. The third kappa shape index (κ3) is 5.16. The standard InChI is InChI=1S/C22H29N3O4/c1-4-29-22(28)25-9-7-17(8-10-25)23-20(26)6-5-16-13-18-15(3)11-14(2)12-19(18)24-21(16)27/h11-13,17H,4-10H2,1-3H3,(H,23,26)(H,24,27). The van der Waals surface area contributed by atoms with E-state index in [9.17, 15) is 14.4 Å². The van der Waals surface area contributed by atoms with Gasteiger partial charge in [0.1, 0.15) is 0 Å². The number of hydrogen-bond acceptors (Lipinski definition) is 4. The number of hydrogen-bond donors (Lipinski definition) is 2. The molecule has 0 unspecified atom stereocenters. The Morgan fingerprint density at radius 3 is 2.62 bits per heavy atom. The zero-order chi connectivity index (χ0) is 21.0. The Labute approximate surface area is 170 Å². The van der Waals surface area contributed by atoms with Crippen LogP contribution in [-0.2, 0) is 16.0 Å². The number of rotatable bonds is 5. The summed E-state index contributed by atoms with van der Waals surface area (Å²) in [6.07, 6.45) is 1.78. The number of ether oxygens (including phenoxy) is 1. The average molecular weight is 399 g/mol. The Hall–Kier alpha value is -2.83. The summed E-state index contributed by atoms with van der Waals surface area (Å²) in [5.41, 5.74) is 3.52. The molecule has 2 aromatic rings. The van der Waals surface area contributed by atoms with Crippen molar-refractivity contribution in [2.75, 3.05) is 19.7 Å². The lowest BCUT2D eigenvalue weighted by atomic mass is 10.0. The van der Waals surface area contributed by atoms with Gasteiger partial charge in [0.25, 0.3) is 5.56 Å². The molecule has 2 N–H and O–H groups in total. The second-order valence-corrected chi connectivity index (χ2v) is 7.69. The summed E-state index contributed by atoms with van der Waals surface area (Å²) in [5, 5.41) is 4.04. The second kappa shape index (κ2) is 9.11. The van der Waals surface area contributed by atoms with Crippen molar-refractivity contribution in [2.24, 2.45) is 0 Å². The summed E-state index contributed by atoms with van der Waals surface area (Å²) >= 11 is 0. The molecule has 0 radical (unpaired) electrons.